The summed E-state index contributed by atoms with van der Waals surface area (Å²) in [6.45, 7) is 0.653. The zero-order valence-corrected chi connectivity index (χ0v) is 8.52. The summed E-state index contributed by atoms with van der Waals surface area (Å²) in [5.41, 5.74) is 2.33. The van der Waals surface area contributed by atoms with Crippen LogP contribution in [0.4, 0.5) is 0 Å². The molecule has 1 aromatic rings. The summed E-state index contributed by atoms with van der Waals surface area (Å²) in [6, 6.07) is 3.79. The number of hydrazine groups is 1. The molecule has 0 radical (unpaired) electrons. The first-order chi connectivity index (χ1) is 5.72. The maximum Gasteiger partial charge on any atom is 0.180 e. The fourth-order valence-electron chi connectivity index (χ4n) is 0.665. The fraction of sp³-hybridized carbons (Fsp3) is 0.167. The first-order valence-corrected chi connectivity index (χ1v) is 4.81. The fourth-order valence-corrected chi connectivity index (χ4v) is 1.76. The van der Waals surface area contributed by atoms with E-state index in [1.54, 1.807) is 0 Å². The highest BCUT2D eigenvalue weighted by atomic mass is 35.5. The van der Waals surface area contributed by atoms with E-state index in [1.807, 2.05) is 12.1 Å². The molecule has 0 spiro atoms. The maximum atomic E-state index is 5.73. The smallest absolute Gasteiger partial charge is 0.180 e. The number of nitrogens with one attached hydrogen (secondary N) is 2. The summed E-state index contributed by atoms with van der Waals surface area (Å²) in [6.07, 6.45) is 0. The Morgan fingerprint density at radius 2 is 2.42 bits per heavy atom. The Morgan fingerprint density at radius 3 is 2.92 bits per heavy atom. The maximum absolute atomic E-state index is 5.73. The highest BCUT2D eigenvalue weighted by Gasteiger charge is 1.97. The summed E-state index contributed by atoms with van der Waals surface area (Å²) >= 11 is 12.0. The predicted molar refractivity (Wildman–Crippen MR) is 56.1 cm³/mol. The molecule has 0 aliphatic heterocycles. The molecule has 0 fully saturated rings. The molecule has 0 saturated carbocycles. The third kappa shape index (κ3) is 2.94. The summed E-state index contributed by atoms with van der Waals surface area (Å²) in [4.78, 5) is 1.12. The zero-order chi connectivity index (χ0) is 8.97. The van der Waals surface area contributed by atoms with Crippen molar-refractivity contribution in [3.05, 3.63) is 21.3 Å². The number of thiophene rings is 1. The van der Waals surface area contributed by atoms with Crippen LogP contribution in [0.3, 0.4) is 0 Å². The highest BCUT2D eigenvalue weighted by Crippen LogP contribution is 2.20. The van der Waals surface area contributed by atoms with E-state index in [9.17, 15) is 0 Å². The van der Waals surface area contributed by atoms with Crippen LogP contribution in [-0.2, 0) is 6.54 Å². The van der Waals surface area contributed by atoms with Gasteiger partial charge in [0.25, 0.3) is 0 Å². The third-order valence-corrected chi connectivity index (χ3v) is 2.68. The molecule has 1 aromatic heterocycles. The van der Waals surface area contributed by atoms with Crippen LogP contribution in [0.15, 0.2) is 12.1 Å². The number of nitrogens with two attached hydrogens (primary N) is 1. The minimum atomic E-state index is 0.430. The number of thiocarbonyl (C=S) groups is 1. The van der Waals surface area contributed by atoms with Crippen LogP contribution in [0.2, 0.25) is 4.34 Å². The molecule has 1 heterocycles. The molecule has 1 rings (SSSR count). The average molecular weight is 222 g/mol. The summed E-state index contributed by atoms with van der Waals surface area (Å²) < 4.78 is 0.776. The van der Waals surface area contributed by atoms with Gasteiger partial charge >= 0.3 is 0 Å². The second-order valence-corrected chi connectivity index (χ2v) is 4.24. The van der Waals surface area contributed by atoms with E-state index in [0.29, 0.717) is 11.7 Å². The van der Waals surface area contributed by atoms with E-state index in [2.05, 4.69) is 10.7 Å². The van der Waals surface area contributed by atoms with Crippen LogP contribution >= 0.6 is 35.2 Å². The van der Waals surface area contributed by atoms with E-state index < -0.39 is 0 Å². The van der Waals surface area contributed by atoms with Crippen molar-refractivity contribution in [2.45, 2.75) is 6.54 Å². The molecule has 3 nitrogen and oxygen atoms in total. The molecule has 66 valence electrons. The molecule has 0 aliphatic carbocycles. The second kappa shape index (κ2) is 4.61. The van der Waals surface area contributed by atoms with Gasteiger partial charge in [0.05, 0.1) is 10.9 Å². The van der Waals surface area contributed by atoms with Crippen LogP contribution in [0.5, 0.6) is 0 Å². The van der Waals surface area contributed by atoms with Crippen molar-refractivity contribution in [1.82, 2.24) is 10.7 Å². The molecular weight excluding hydrogens is 214 g/mol. The topological polar surface area (TPSA) is 50.1 Å². The normalized spacial score (nSPS) is 9.50. The highest BCUT2D eigenvalue weighted by molar-refractivity contribution is 7.80. The first-order valence-electron chi connectivity index (χ1n) is 3.21. The van der Waals surface area contributed by atoms with Gasteiger partial charge in [-0.15, -0.1) is 11.3 Å². The average Bonchev–Trinajstić information content (AvgIpc) is 2.47. The molecule has 0 unspecified atom stereocenters. The van der Waals surface area contributed by atoms with Gasteiger partial charge in [0.2, 0.25) is 0 Å². The van der Waals surface area contributed by atoms with E-state index in [1.165, 1.54) is 11.3 Å². The molecule has 0 bridgehead atoms. The Kier molecular flexibility index (Phi) is 3.74. The van der Waals surface area contributed by atoms with Crippen molar-refractivity contribution in [1.29, 1.82) is 0 Å². The summed E-state index contributed by atoms with van der Waals surface area (Å²) in [5.74, 6) is 5.07. The minimum absolute atomic E-state index is 0.430. The van der Waals surface area contributed by atoms with Crippen LogP contribution in [0.25, 0.3) is 0 Å². The van der Waals surface area contributed by atoms with Gasteiger partial charge in [-0.2, -0.15) is 0 Å². The van der Waals surface area contributed by atoms with Gasteiger partial charge < -0.3 is 10.7 Å². The molecule has 0 amide bonds. The van der Waals surface area contributed by atoms with E-state index in [4.69, 9.17) is 29.7 Å². The SMILES string of the molecule is NNC(=S)NCc1ccc(Cl)s1. The van der Waals surface area contributed by atoms with Gasteiger partial charge in [0.15, 0.2) is 5.11 Å². The Labute approximate surface area is 84.9 Å². The van der Waals surface area contributed by atoms with Crippen LogP contribution in [0.1, 0.15) is 4.88 Å². The molecule has 0 saturated heterocycles. The zero-order valence-electron chi connectivity index (χ0n) is 6.13. The Morgan fingerprint density at radius 1 is 1.67 bits per heavy atom. The molecule has 0 atom stereocenters. The molecule has 12 heavy (non-hydrogen) atoms. The van der Waals surface area contributed by atoms with Gasteiger partial charge in [-0.1, -0.05) is 11.6 Å². The molecule has 4 N–H and O–H groups in total. The van der Waals surface area contributed by atoms with E-state index >= 15 is 0 Å². The number of halogens is 1. The largest absolute Gasteiger partial charge is 0.357 e. The quantitative estimate of drug-likeness (QED) is 0.400. The lowest BCUT2D eigenvalue weighted by Crippen LogP contribution is -2.39. The Balaban J connectivity index is 2.38. The third-order valence-electron chi connectivity index (χ3n) is 1.18. The lowest BCUT2D eigenvalue weighted by atomic mass is 10.5. The van der Waals surface area contributed by atoms with Crippen LogP contribution in [0, 0.1) is 0 Å². The van der Waals surface area contributed by atoms with E-state index in [-0.39, 0.29) is 0 Å². The Bertz CT molecular complexity index is 274. The van der Waals surface area contributed by atoms with Gasteiger partial charge in [-0.05, 0) is 24.4 Å². The van der Waals surface area contributed by atoms with Crippen LogP contribution in [-0.4, -0.2) is 5.11 Å². The monoisotopic (exact) mass is 221 g/mol. The predicted octanol–water partition coefficient (Wildman–Crippen LogP) is 1.24. The number of hydrogen-bond acceptors (Lipinski definition) is 3. The van der Waals surface area contributed by atoms with Gasteiger partial charge in [0.1, 0.15) is 0 Å². The van der Waals surface area contributed by atoms with Gasteiger partial charge in [-0.25, -0.2) is 5.84 Å². The van der Waals surface area contributed by atoms with Gasteiger partial charge in [-0.3, -0.25) is 0 Å². The second-order valence-electron chi connectivity index (χ2n) is 2.03. The summed E-state index contributed by atoms with van der Waals surface area (Å²) in [5, 5.41) is 3.34. The Hall–Kier alpha value is -0.360. The minimum Gasteiger partial charge on any atom is -0.357 e. The van der Waals surface area contributed by atoms with Crippen molar-refractivity contribution in [3.8, 4) is 0 Å². The van der Waals surface area contributed by atoms with Crippen molar-refractivity contribution in [3.63, 3.8) is 0 Å². The lowest BCUT2D eigenvalue weighted by Gasteiger charge is -2.03. The number of hydrogen-bond donors (Lipinski definition) is 3. The van der Waals surface area contributed by atoms with Crippen molar-refractivity contribution in [2.24, 2.45) is 5.84 Å². The van der Waals surface area contributed by atoms with Crippen LogP contribution < -0.4 is 16.6 Å². The van der Waals surface area contributed by atoms with Crippen molar-refractivity contribution < 1.29 is 0 Å². The van der Waals surface area contributed by atoms with Crippen molar-refractivity contribution in [2.75, 3.05) is 0 Å². The molecule has 0 aromatic carbocycles. The molecule has 0 aliphatic rings. The molecular formula is C6H8ClN3S2. The first kappa shape index (κ1) is 9.73. The number of rotatable bonds is 2. The molecule has 6 heteroatoms. The van der Waals surface area contributed by atoms with Gasteiger partial charge in [0, 0.05) is 4.88 Å². The van der Waals surface area contributed by atoms with Crippen molar-refractivity contribution >= 4 is 40.3 Å². The van der Waals surface area contributed by atoms with E-state index in [0.717, 1.165) is 9.21 Å². The standard InChI is InChI=1S/C6H8ClN3S2/c7-5-2-1-4(12-5)3-9-6(11)10-8/h1-2H,3,8H2,(H2,9,10,11). The summed E-state index contributed by atoms with van der Waals surface area (Å²) in [7, 11) is 0. The lowest BCUT2D eigenvalue weighted by molar-refractivity contribution is 0.878.